The monoisotopic (exact) mass is 295 g/mol. The van der Waals surface area contributed by atoms with Gasteiger partial charge in [0.05, 0.1) is 0 Å². The lowest BCUT2D eigenvalue weighted by molar-refractivity contribution is 0.0217. The van der Waals surface area contributed by atoms with Crippen LogP contribution in [0, 0.1) is 11.3 Å². The molecule has 1 fully saturated rings. The molecule has 1 aromatic heterocycles. The van der Waals surface area contributed by atoms with E-state index in [2.05, 4.69) is 24.0 Å². The molecule has 0 aromatic carbocycles. The molecule has 1 heterocycles. The highest BCUT2D eigenvalue weighted by Crippen LogP contribution is 2.38. The minimum atomic E-state index is -0.0901. The van der Waals surface area contributed by atoms with Crippen LogP contribution >= 0.6 is 0 Å². The molecule has 1 aliphatic carbocycles. The Morgan fingerprint density at radius 3 is 2.57 bits per heavy atom. The molecule has 0 saturated heterocycles. The van der Waals surface area contributed by atoms with E-state index < -0.39 is 0 Å². The smallest absolute Gasteiger partial charge is 0.227 e. The summed E-state index contributed by atoms with van der Waals surface area (Å²) >= 11 is 0. The molecule has 120 valence electrons. The molecule has 1 atom stereocenters. The van der Waals surface area contributed by atoms with E-state index >= 15 is 0 Å². The van der Waals surface area contributed by atoms with Crippen LogP contribution < -0.4 is 5.73 Å². The van der Waals surface area contributed by atoms with Crippen molar-refractivity contribution in [2.45, 2.75) is 65.4 Å². The van der Waals surface area contributed by atoms with Crippen LogP contribution in [-0.4, -0.2) is 23.3 Å². The van der Waals surface area contributed by atoms with Gasteiger partial charge in [0.25, 0.3) is 0 Å². The molecule has 21 heavy (non-hydrogen) atoms. The Bertz CT molecular complexity index is 425. The lowest BCUT2D eigenvalue weighted by Gasteiger charge is -2.34. The number of aromatic nitrogens is 2. The molecule has 2 N–H and O–H groups in total. The predicted molar refractivity (Wildman–Crippen MR) is 81.8 cm³/mol. The Balaban J connectivity index is 2.08. The van der Waals surface area contributed by atoms with Crippen molar-refractivity contribution >= 4 is 0 Å². The number of nitrogens with zero attached hydrogens (tertiary/aromatic N) is 2. The lowest BCUT2D eigenvalue weighted by Crippen LogP contribution is -2.35. The topological polar surface area (TPSA) is 74.2 Å². The van der Waals surface area contributed by atoms with Crippen LogP contribution in [0.1, 0.15) is 70.7 Å². The number of nitrogens with two attached hydrogens (primary N) is 1. The van der Waals surface area contributed by atoms with Crippen molar-refractivity contribution in [2.24, 2.45) is 17.1 Å². The first kappa shape index (κ1) is 16.4. The van der Waals surface area contributed by atoms with Crippen molar-refractivity contribution in [3.63, 3.8) is 0 Å². The van der Waals surface area contributed by atoms with Gasteiger partial charge >= 0.3 is 0 Å². The highest BCUT2D eigenvalue weighted by molar-refractivity contribution is 4.97. The van der Waals surface area contributed by atoms with E-state index in [1.54, 1.807) is 0 Å². The van der Waals surface area contributed by atoms with Crippen molar-refractivity contribution in [3.05, 3.63) is 11.7 Å². The van der Waals surface area contributed by atoms with Gasteiger partial charge in [-0.25, -0.2) is 0 Å². The molecule has 0 aliphatic heterocycles. The Labute approximate surface area is 127 Å². The Kier molecular flexibility index (Phi) is 5.76. The minimum absolute atomic E-state index is 0.0901. The number of rotatable bonds is 7. The zero-order valence-corrected chi connectivity index (χ0v) is 13.6. The maximum Gasteiger partial charge on any atom is 0.227 e. The highest BCUT2D eigenvalue weighted by Gasteiger charge is 2.33. The number of hydrogen-bond donors (Lipinski definition) is 1. The summed E-state index contributed by atoms with van der Waals surface area (Å²) in [5, 5.41) is 4.14. The van der Waals surface area contributed by atoms with E-state index in [1.807, 2.05) is 6.92 Å². The predicted octanol–water partition coefficient (Wildman–Crippen LogP) is 3.25. The van der Waals surface area contributed by atoms with Gasteiger partial charge in [0.2, 0.25) is 11.7 Å². The maximum absolute atomic E-state index is 6.03. The van der Waals surface area contributed by atoms with Crippen LogP contribution in [-0.2, 0) is 11.2 Å². The van der Waals surface area contributed by atoms with E-state index in [0.29, 0.717) is 30.8 Å². The zero-order chi connectivity index (χ0) is 15.3. The second-order valence-electron chi connectivity index (χ2n) is 6.61. The Morgan fingerprint density at radius 2 is 2.00 bits per heavy atom. The van der Waals surface area contributed by atoms with E-state index in [-0.39, 0.29) is 11.5 Å². The quantitative estimate of drug-likeness (QED) is 0.835. The van der Waals surface area contributed by atoms with E-state index in [1.165, 1.54) is 32.1 Å². The van der Waals surface area contributed by atoms with Crippen molar-refractivity contribution in [1.82, 2.24) is 10.1 Å². The summed E-state index contributed by atoms with van der Waals surface area (Å²) in [6, 6.07) is 0. The van der Waals surface area contributed by atoms with Crippen molar-refractivity contribution in [3.8, 4) is 0 Å². The third kappa shape index (κ3) is 4.04. The zero-order valence-electron chi connectivity index (χ0n) is 13.6. The van der Waals surface area contributed by atoms with Gasteiger partial charge in [-0.15, -0.1) is 0 Å². The van der Waals surface area contributed by atoms with Gasteiger partial charge in [-0.3, -0.25) is 0 Å². The summed E-state index contributed by atoms with van der Waals surface area (Å²) < 4.78 is 11.2. The minimum Gasteiger partial charge on any atom is -0.370 e. The van der Waals surface area contributed by atoms with Crippen molar-refractivity contribution < 1.29 is 9.26 Å². The largest absolute Gasteiger partial charge is 0.370 e. The average Bonchev–Trinajstić information content (AvgIpc) is 2.93. The first-order chi connectivity index (χ1) is 10.1. The standard InChI is InChI=1S/C16H29N3O2/c1-4-20-14(12(2)3)15-18-13(21-19-15)10-16(11-17)8-6-5-7-9-16/h12,14H,4-11,17H2,1-3H3. The second-order valence-corrected chi connectivity index (χ2v) is 6.61. The molecule has 5 heteroatoms. The molecular weight excluding hydrogens is 266 g/mol. The fraction of sp³-hybridized carbons (Fsp3) is 0.875. The van der Waals surface area contributed by atoms with Crippen molar-refractivity contribution in [2.75, 3.05) is 13.2 Å². The van der Waals surface area contributed by atoms with Gasteiger partial charge in [0, 0.05) is 13.0 Å². The van der Waals surface area contributed by atoms with Crippen LogP contribution in [0.15, 0.2) is 4.52 Å². The fourth-order valence-electron chi connectivity index (χ4n) is 3.28. The highest BCUT2D eigenvalue weighted by atomic mass is 16.5. The Hall–Kier alpha value is -0.940. The summed E-state index contributed by atoms with van der Waals surface area (Å²) in [6.45, 7) is 7.56. The van der Waals surface area contributed by atoms with Gasteiger partial charge in [-0.2, -0.15) is 4.98 Å². The van der Waals surface area contributed by atoms with Crippen LogP contribution in [0.25, 0.3) is 0 Å². The van der Waals surface area contributed by atoms with Crippen LogP contribution in [0.3, 0.4) is 0 Å². The molecule has 0 bridgehead atoms. The first-order valence-electron chi connectivity index (χ1n) is 8.24. The Morgan fingerprint density at radius 1 is 1.29 bits per heavy atom. The van der Waals surface area contributed by atoms with E-state index in [9.17, 15) is 0 Å². The molecule has 0 radical (unpaired) electrons. The maximum atomic E-state index is 6.03. The van der Waals surface area contributed by atoms with Gasteiger partial charge < -0.3 is 15.0 Å². The molecule has 1 unspecified atom stereocenters. The summed E-state index contributed by atoms with van der Waals surface area (Å²) in [7, 11) is 0. The molecule has 0 spiro atoms. The average molecular weight is 295 g/mol. The third-order valence-corrected chi connectivity index (χ3v) is 4.56. The van der Waals surface area contributed by atoms with Crippen LogP contribution in [0.2, 0.25) is 0 Å². The first-order valence-corrected chi connectivity index (χ1v) is 8.24. The summed E-state index contributed by atoms with van der Waals surface area (Å²) in [5.74, 6) is 1.71. The van der Waals surface area contributed by atoms with E-state index in [0.717, 1.165) is 6.42 Å². The molecule has 2 rings (SSSR count). The van der Waals surface area contributed by atoms with Gasteiger partial charge in [-0.1, -0.05) is 38.3 Å². The molecule has 1 aliphatic rings. The van der Waals surface area contributed by atoms with Crippen LogP contribution in [0.5, 0.6) is 0 Å². The fourth-order valence-corrected chi connectivity index (χ4v) is 3.28. The summed E-state index contributed by atoms with van der Waals surface area (Å²) in [5.41, 5.74) is 6.19. The van der Waals surface area contributed by atoms with Gasteiger partial charge in [0.1, 0.15) is 6.10 Å². The van der Waals surface area contributed by atoms with E-state index in [4.69, 9.17) is 15.0 Å². The third-order valence-electron chi connectivity index (χ3n) is 4.56. The lowest BCUT2D eigenvalue weighted by atomic mass is 9.72. The van der Waals surface area contributed by atoms with Crippen LogP contribution in [0.4, 0.5) is 0 Å². The number of hydrogen-bond acceptors (Lipinski definition) is 5. The normalized spacial score (nSPS) is 19.9. The molecule has 1 aromatic rings. The summed E-state index contributed by atoms with van der Waals surface area (Å²) in [6.07, 6.45) is 6.87. The molecule has 1 saturated carbocycles. The SMILES string of the molecule is CCOC(c1noc(CC2(CN)CCCCC2)n1)C(C)C. The van der Waals surface area contributed by atoms with Gasteiger partial charge in [-0.05, 0) is 37.6 Å². The number of ether oxygens (including phenoxy) is 1. The second kappa shape index (κ2) is 7.36. The summed E-state index contributed by atoms with van der Waals surface area (Å²) in [4.78, 5) is 4.58. The molecule has 0 amide bonds. The molecule has 5 nitrogen and oxygen atoms in total. The van der Waals surface area contributed by atoms with Gasteiger partial charge in [0.15, 0.2) is 0 Å². The van der Waals surface area contributed by atoms with Crippen molar-refractivity contribution in [1.29, 1.82) is 0 Å². The molecular formula is C16H29N3O2.